The molecule has 0 aromatic rings. The lowest BCUT2D eigenvalue weighted by Gasteiger charge is -2.30. The van der Waals surface area contributed by atoms with Gasteiger partial charge in [-0.05, 0) is 50.1 Å². The Labute approximate surface area is 120 Å². The Hall–Kier alpha value is -0.0800. The van der Waals surface area contributed by atoms with E-state index in [0.717, 1.165) is 17.8 Å². The van der Waals surface area contributed by atoms with Gasteiger partial charge in [0.05, 0.1) is 0 Å². The summed E-state index contributed by atoms with van der Waals surface area (Å²) in [6, 6.07) is 0.637. The van der Waals surface area contributed by atoms with Gasteiger partial charge < -0.3 is 10.2 Å². The van der Waals surface area contributed by atoms with Gasteiger partial charge in [-0.25, -0.2) is 0 Å². The van der Waals surface area contributed by atoms with E-state index in [-0.39, 0.29) is 0 Å². The number of likely N-dealkylation sites (tertiary alicyclic amines) is 1. The van der Waals surface area contributed by atoms with Crippen LogP contribution in [0.3, 0.4) is 0 Å². The van der Waals surface area contributed by atoms with Gasteiger partial charge in [-0.2, -0.15) is 0 Å². The highest BCUT2D eigenvalue weighted by Crippen LogP contribution is 2.31. The number of rotatable bonds is 6. The summed E-state index contributed by atoms with van der Waals surface area (Å²) in [7, 11) is 0. The Morgan fingerprint density at radius 2 is 1.68 bits per heavy atom. The molecule has 0 aromatic heterocycles. The first-order valence-electron chi connectivity index (χ1n) is 8.63. The van der Waals surface area contributed by atoms with Crippen LogP contribution < -0.4 is 5.32 Å². The summed E-state index contributed by atoms with van der Waals surface area (Å²) >= 11 is 0. The van der Waals surface area contributed by atoms with Crippen LogP contribution in [0, 0.1) is 17.8 Å². The second kappa shape index (κ2) is 7.64. The van der Waals surface area contributed by atoms with Crippen molar-refractivity contribution in [2.45, 2.75) is 65.3 Å². The Balaban J connectivity index is 1.62. The minimum atomic E-state index is 0.637. The van der Waals surface area contributed by atoms with E-state index in [0.29, 0.717) is 6.04 Å². The van der Waals surface area contributed by atoms with Crippen molar-refractivity contribution in [2.75, 3.05) is 26.2 Å². The third kappa shape index (κ3) is 5.07. The van der Waals surface area contributed by atoms with Crippen LogP contribution in [0.5, 0.6) is 0 Å². The fraction of sp³-hybridized carbons (Fsp3) is 1.00. The van der Waals surface area contributed by atoms with E-state index < -0.39 is 0 Å². The van der Waals surface area contributed by atoms with Crippen LogP contribution in [-0.4, -0.2) is 37.1 Å². The minimum Gasteiger partial charge on any atom is -0.314 e. The van der Waals surface area contributed by atoms with Gasteiger partial charge >= 0.3 is 0 Å². The second-order valence-corrected chi connectivity index (χ2v) is 7.27. The van der Waals surface area contributed by atoms with E-state index in [1.807, 2.05) is 0 Å². The summed E-state index contributed by atoms with van der Waals surface area (Å²) in [5.74, 6) is 2.94. The molecule has 0 spiro atoms. The van der Waals surface area contributed by atoms with Crippen molar-refractivity contribution in [1.82, 2.24) is 10.2 Å². The maximum Gasteiger partial charge on any atom is 0.00224 e. The molecule has 19 heavy (non-hydrogen) atoms. The molecule has 1 atom stereocenters. The van der Waals surface area contributed by atoms with E-state index in [1.165, 1.54) is 64.7 Å². The molecule has 2 aliphatic rings. The van der Waals surface area contributed by atoms with Gasteiger partial charge in [-0.3, -0.25) is 0 Å². The third-order valence-electron chi connectivity index (χ3n) is 5.24. The van der Waals surface area contributed by atoms with Crippen LogP contribution in [0.2, 0.25) is 0 Å². The number of nitrogens with one attached hydrogen (secondary N) is 1. The summed E-state index contributed by atoms with van der Waals surface area (Å²) in [5.41, 5.74) is 0. The molecule has 2 heteroatoms. The summed E-state index contributed by atoms with van der Waals surface area (Å²) < 4.78 is 0. The molecule has 2 nitrogen and oxygen atoms in total. The van der Waals surface area contributed by atoms with Gasteiger partial charge in [-0.1, -0.05) is 40.0 Å². The number of nitrogens with zero attached hydrogens (tertiary/aromatic N) is 1. The van der Waals surface area contributed by atoms with E-state index >= 15 is 0 Å². The zero-order valence-electron chi connectivity index (χ0n) is 13.3. The molecule has 1 aliphatic carbocycles. The molecular weight excluding hydrogens is 232 g/mol. The van der Waals surface area contributed by atoms with Crippen molar-refractivity contribution in [3.05, 3.63) is 0 Å². The first-order chi connectivity index (χ1) is 9.17. The van der Waals surface area contributed by atoms with Gasteiger partial charge in [0.1, 0.15) is 0 Å². The molecule has 1 heterocycles. The molecule has 1 unspecified atom stereocenters. The Morgan fingerprint density at radius 3 is 2.32 bits per heavy atom. The van der Waals surface area contributed by atoms with Crippen molar-refractivity contribution in [1.29, 1.82) is 0 Å². The highest BCUT2D eigenvalue weighted by molar-refractivity contribution is 4.81. The zero-order chi connectivity index (χ0) is 13.7. The number of hydrogen-bond acceptors (Lipinski definition) is 2. The van der Waals surface area contributed by atoms with Crippen LogP contribution in [-0.2, 0) is 0 Å². The topological polar surface area (TPSA) is 15.3 Å². The fourth-order valence-corrected chi connectivity index (χ4v) is 3.84. The highest BCUT2D eigenvalue weighted by atomic mass is 15.2. The molecular formula is C17H34N2. The van der Waals surface area contributed by atoms with Crippen molar-refractivity contribution in [3.8, 4) is 0 Å². The quantitative estimate of drug-likeness (QED) is 0.791. The molecule has 0 amide bonds. The van der Waals surface area contributed by atoms with E-state index in [2.05, 4.69) is 31.0 Å². The van der Waals surface area contributed by atoms with Crippen molar-refractivity contribution < 1.29 is 0 Å². The molecule has 0 radical (unpaired) electrons. The summed E-state index contributed by atoms with van der Waals surface area (Å²) in [6.45, 7) is 12.1. The van der Waals surface area contributed by atoms with Gasteiger partial charge in [-0.15, -0.1) is 0 Å². The molecule has 1 aliphatic heterocycles. The lowest BCUT2D eigenvalue weighted by Crippen LogP contribution is -2.33. The van der Waals surface area contributed by atoms with Crippen molar-refractivity contribution in [3.63, 3.8) is 0 Å². The zero-order valence-corrected chi connectivity index (χ0v) is 13.3. The van der Waals surface area contributed by atoms with Gasteiger partial charge in [0.2, 0.25) is 0 Å². The van der Waals surface area contributed by atoms with E-state index in [1.54, 1.807) is 0 Å². The lowest BCUT2D eigenvalue weighted by atomic mass is 9.81. The SMILES string of the molecule is CCC1CCC(CN2CCC(CNC(C)C)C2)CC1. The predicted molar refractivity (Wildman–Crippen MR) is 83.4 cm³/mol. The van der Waals surface area contributed by atoms with Crippen molar-refractivity contribution >= 4 is 0 Å². The largest absolute Gasteiger partial charge is 0.314 e. The molecule has 112 valence electrons. The fourth-order valence-electron chi connectivity index (χ4n) is 3.84. The molecule has 1 saturated heterocycles. The maximum absolute atomic E-state index is 3.60. The maximum atomic E-state index is 3.60. The smallest absolute Gasteiger partial charge is 0.00224 e. The highest BCUT2D eigenvalue weighted by Gasteiger charge is 2.26. The van der Waals surface area contributed by atoms with Crippen LogP contribution >= 0.6 is 0 Å². The van der Waals surface area contributed by atoms with Crippen molar-refractivity contribution in [2.24, 2.45) is 17.8 Å². The van der Waals surface area contributed by atoms with Crippen LogP contribution in [0.4, 0.5) is 0 Å². The molecule has 1 N–H and O–H groups in total. The Bertz CT molecular complexity index is 244. The lowest BCUT2D eigenvalue weighted by molar-refractivity contribution is 0.197. The Morgan fingerprint density at radius 1 is 1.00 bits per heavy atom. The molecule has 2 fully saturated rings. The summed E-state index contributed by atoms with van der Waals surface area (Å²) in [6.07, 6.45) is 8.78. The van der Waals surface area contributed by atoms with Crippen LogP contribution in [0.15, 0.2) is 0 Å². The minimum absolute atomic E-state index is 0.637. The van der Waals surface area contributed by atoms with Crippen LogP contribution in [0.1, 0.15) is 59.3 Å². The predicted octanol–water partition coefficient (Wildman–Crippen LogP) is 3.52. The monoisotopic (exact) mass is 266 g/mol. The average Bonchev–Trinajstić information content (AvgIpc) is 2.85. The van der Waals surface area contributed by atoms with Gasteiger partial charge in [0.25, 0.3) is 0 Å². The normalized spacial score (nSPS) is 33.2. The first-order valence-corrected chi connectivity index (χ1v) is 8.63. The Kier molecular flexibility index (Phi) is 6.15. The van der Waals surface area contributed by atoms with Gasteiger partial charge in [0.15, 0.2) is 0 Å². The summed E-state index contributed by atoms with van der Waals surface area (Å²) in [5, 5.41) is 3.60. The molecule has 2 rings (SSSR count). The van der Waals surface area contributed by atoms with E-state index in [4.69, 9.17) is 0 Å². The van der Waals surface area contributed by atoms with Crippen LogP contribution in [0.25, 0.3) is 0 Å². The standard InChI is InChI=1S/C17H34N2/c1-4-15-5-7-16(8-6-15)12-19-10-9-17(13-19)11-18-14(2)3/h14-18H,4-13H2,1-3H3. The molecule has 1 saturated carbocycles. The average molecular weight is 266 g/mol. The van der Waals surface area contributed by atoms with E-state index in [9.17, 15) is 0 Å². The second-order valence-electron chi connectivity index (χ2n) is 7.27. The third-order valence-corrected chi connectivity index (χ3v) is 5.24. The molecule has 0 bridgehead atoms. The first kappa shape index (κ1) is 15.3. The number of hydrogen-bond donors (Lipinski definition) is 1. The summed E-state index contributed by atoms with van der Waals surface area (Å²) in [4.78, 5) is 2.74. The van der Waals surface area contributed by atoms with Gasteiger partial charge in [0, 0.05) is 19.1 Å². The molecule has 0 aromatic carbocycles.